The summed E-state index contributed by atoms with van der Waals surface area (Å²) in [4.78, 5) is 2.24. The van der Waals surface area contributed by atoms with E-state index in [9.17, 15) is 16.8 Å². The maximum absolute atomic E-state index is 14.7. The number of nitrogens with zero attached hydrogens (tertiary/aromatic N) is 3. The average Bonchev–Trinajstić information content (AvgIpc) is 3.01. The Kier molecular flexibility index (Phi) is 6.56. The predicted octanol–water partition coefficient (Wildman–Crippen LogP) is 7.23. The molecule has 5 aromatic rings. The molecule has 2 aliphatic rings. The van der Waals surface area contributed by atoms with Crippen molar-refractivity contribution < 1.29 is 16.8 Å². The lowest BCUT2D eigenvalue weighted by Gasteiger charge is -2.56. The Morgan fingerprint density at radius 1 is 0.455 bits per heavy atom. The van der Waals surface area contributed by atoms with Gasteiger partial charge in [-0.1, -0.05) is 89.5 Å². The Balaban J connectivity index is 1.57. The van der Waals surface area contributed by atoms with Gasteiger partial charge in [-0.15, -0.1) is 0 Å². The summed E-state index contributed by atoms with van der Waals surface area (Å²) in [5, 5.41) is 0. The molecule has 0 fully saturated rings. The Bertz CT molecular complexity index is 1960. The van der Waals surface area contributed by atoms with E-state index in [0.717, 1.165) is 16.7 Å². The van der Waals surface area contributed by atoms with Crippen molar-refractivity contribution in [3.63, 3.8) is 0 Å². The molecular weight excluding hydrogens is 591 g/mol. The smallest absolute Gasteiger partial charge is 0.266 e. The van der Waals surface area contributed by atoms with Crippen LogP contribution in [0, 0.1) is 20.8 Å². The molecule has 9 heteroatoms. The molecule has 0 N–H and O–H groups in total. The Morgan fingerprint density at radius 2 is 0.795 bits per heavy atom. The zero-order valence-electron chi connectivity index (χ0n) is 24.5. The van der Waals surface area contributed by atoms with Crippen LogP contribution in [0.3, 0.4) is 0 Å². The summed E-state index contributed by atoms with van der Waals surface area (Å²) in [6.45, 7) is 5.81. The van der Waals surface area contributed by atoms with E-state index in [-0.39, 0.29) is 9.79 Å². The van der Waals surface area contributed by atoms with E-state index in [1.807, 2.05) is 74.2 Å². The molecule has 0 saturated carbocycles. The molecule has 7 nitrogen and oxygen atoms in total. The summed E-state index contributed by atoms with van der Waals surface area (Å²) in [7, 11) is -8.24. The summed E-state index contributed by atoms with van der Waals surface area (Å²) < 4.78 is 61.7. The van der Waals surface area contributed by atoms with E-state index < -0.39 is 32.4 Å². The van der Waals surface area contributed by atoms with Crippen molar-refractivity contribution >= 4 is 37.1 Å². The highest BCUT2D eigenvalue weighted by Crippen LogP contribution is 2.57. The molecule has 44 heavy (non-hydrogen) atoms. The minimum atomic E-state index is -4.12. The van der Waals surface area contributed by atoms with Crippen LogP contribution in [0.5, 0.6) is 0 Å². The van der Waals surface area contributed by atoms with Crippen molar-refractivity contribution in [2.24, 2.45) is 0 Å². The van der Waals surface area contributed by atoms with Gasteiger partial charge in [-0.3, -0.25) is 0 Å². The molecule has 2 aliphatic heterocycles. The topological polar surface area (TPSA) is 78.0 Å². The monoisotopic (exact) mass is 621 g/mol. The number of benzene rings is 5. The first-order valence-corrected chi connectivity index (χ1v) is 17.2. The first kappa shape index (κ1) is 28.2. The second-order valence-electron chi connectivity index (χ2n) is 11.3. The molecule has 0 saturated heterocycles. The molecular formula is C35H31N3O4S2. The van der Waals surface area contributed by atoms with Crippen LogP contribution >= 0.6 is 0 Å². The summed E-state index contributed by atoms with van der Waals surface area (Å²) in [5.74, 6) is 0. The minimum Gasteiger partial charge on any atom is -0.320 e. The molecule has 0 aliphatic carbocycles. The molecule has 0 aromatic heterocycles. The Labute approximate surface area is 258 Å². The molecule has 2 heterocycles. The molecule has 222 valence electrons. The highest BCUT2D eigenvalue weighted by Gasteiger charge is 2.54. The molecule has 5 aromatic carbocycles. The van der Waals surface area contributed by atoms with Crippen molar-refractivity contribution in [3.8, 4) is 0 Å². The van der Waals surface area contributed by atoms with Crippen LogP contribution in [-0.4, -0.2) is 16.8 Å². The molecule has 7 rings (SSSR count). The van der Waals surface area contributed by atoms with Gasteiger partial charge in [-0.05, 0) is 69.3 Å². The quantitative estimate of drug-likeness (QED) is 0.207. The summed E-state index contributed by atoms with van der Waals surface area (Å²) in [6, 6.07) is 35.8. The Hall–Kier alpha value is -4.60. The highest BCUT2D eigenvalue weighted by molar-refractivity contribution is 7.93. The van der Waals surface area contributed by atoms with Crippen molar-refractivity contribution in [3.05, 3.63) is 149 Å². The normalized spacial score (nSPS) is 17.7. The molecule has 0 spiro atoms. The van der Waals surface area contributed by atoms with Gasteiger partial charge in [0.05, 0.1) is 21.2 Å². The maximum Gasteiger partial charge on any atom is 0.266 e. The third-order valence-corrected chi connectivity index (χ3v) is 11.9. The zero-order chi connectivity index (χ0) is 30.8. The third kappa shape index (κ3) is 4.30. The fraction of sp³-hybridized carbons (Fsp3) is 0.143. The van der Waals surface area contributed by atoms with Gasteiger partial charge in [0.25, 0.3) is 20.0 Å². The van der Waals surface area contributed by atoms with Gasteiger partial charge in [-0.2, -0.15) is 0 Å². The van der Waals surface area contributed by atoms with Crippen LogP contribution in [0.1, 0.15) is 40.1 Å². The lowest BCUT2D eigenvalue weighted by atomic mass is 9.95. The number of aryl methyl sites for hydroxylation is 3. The van der Waals surface area contributed by atoms with E-state index >= 15 is 0 Å². The average molecular weight is 622 g/mol. The van der Waals surface area contributed by atoms with Gasteiger partial charge in [0.15, 0.2) is 0 Å². The van der Waals surface area contributed by atoms with Crippen LogP contribution in [0.15, 0.2) is 131 Å². The van der Waals surface area contributed by atoms with Gasteiger partial charge in [-0.25, -0.2) is 25.4 Å². The molecule has 0 amide bonds. The van der Waals surface area contributed by atoms with Crippen LogP contribution in [0.2, 0.25) is 0 Å². The third-order valence-electron chi connectivity index (χ3n) is 8.36. The summed E-state index contributed by atoms with van der Waals surface area (Å²) >= 11 is 0. The van der Waals surface area contributed by atoms with E-state index in [4.69, 9.17) is 0 Å². The number of anilines is 3. The summed E-state index contributed by atoms with van der Waals surface area (Å²) in [5.41, 5.74) is 5.62. The molecule has 2 atom stereocenters. The lowest BCUT2D eigenvalue weighted by molar-refractivity contribution is 0.482. The molecule has 0 radical (unpaired) electrons. The first-order valence-electron chi connectivity index (χ1n) is 14.3. The lowest BCUT2D eigenvalue weighted by Crippen LogP contribution is -2.59. The van der Waals surface area contributed by atoms with Crippen LogP contribution in [-0.2, 0) is 20.0 Å². The van der Waals surface area contributed by atoms with Crippen LogP contribution in [0.25, 0.3) is 0 Å². The highest BCUT2D eigenvalue weighted by atomic mass is 32.2. The number of para-hydroxylation sites is 2. The van der Waals surface area contributed by atoms with Crippen LogP contribution in [0.4, 0.5) is 17.1 Å². The fourth-order valence-electron chi connectivity index (χ4n) is 6.16. The second-order valence-corrected chi connectivity index (χ2v) is 15.0. The molecule has 2 unspecified atom stereocenters. The fourth-order valence-corrected chi connectivity index (χ4v) is 9.38. The van der Waals surface area contributed by atoms with Crippen molar-refractivity contribution in [2.45, 2.75) is 42.9 Å². The van der Waals surface area contributed by atoms with E-state index in [2.05, 4.69) is 0 Å². The predicted molar refractivity (Wildman–Crippen MR) is 174 cm³/mol. The van der Waals surface area contributed by atoms with Gasteiger partial charge < -0.3 is 4.90 Å². The minimum absolute atomic E-state index is 0.160. The van der Waals surface area contributed by atoms with Gasteiger partial charge in [0.2, 0.25) is 0 Å². The van der Waals surface area contributed by atoms with Gasteiger partial charge in [0.1, 0.15) is 12.3 Å². The largest absolute Gasteiger partial charge is 0.320 e. The first-order chi connectivity index (χ1) is 21.1. The number of hydrogen-bond acceptors (Lipinski definition) is 5. The second kappa shape index (κ2) is 10.2. The van der Waals surface area contributed by atoms with Crippen molar-refractivity contribution in [1.29, 1.82) is 0 Å². The van der Waals surface area contributed by atoms with E-state index in [0.29, 0.717) is 28.2 Å². The number of sulfonamides is 2. The maximum atomic E-state index is 14.7. The van der Waals surface area contributed by atoms with Crippen molar-refractivity contribution in [1.82, 2.24) is 0 Å². The van der Waals surface area contributed by atoms with Gasteiger partial charge in [0, 0.05) is 16.8 Å². The number of fused-ring (bicyclic) bond motifs is 6. The number of rotatable bonds is 5. The van der Waals surface area contributed by atoms with E-state index in [1.54, 1.807) is 72.8 Å². The summed E-state index contributed by atoms with van der Waals surface area (Å²) in [6.07, 6.45) is -1.74. The Morgan fingerprint density at radius 3 is 1.18 bits per heavy atom. The van der Waals surface area contributed by atoms with Gasteiger partial charge >= 0.3 is 0 Å². The SMILES string of the molecule is Cc1ccc(N2C3c4ccccc4N(S(=O)(=O)c4ccc(C)cc4)C2c2ccccc2N3S(=O)(=O)c2ccc(C)cc2)cc1. The standard InChI is InChI=1S/C35H31N3O4S2/c1-24-12-18-27(19-13-24)36-34-31-9-5-7-11-33(31)38(44(41,42)29-22-16-26(3)17-23-29)35(36)30-8-4-6-10-32(30)37(34)43(39,40)28-20-14-25(2)15-21-28/h4-23,34-35H,1-3H3. The molecule has 2 bridgehead atoms. The van der Waals surface area contributed by atoms with E-state index in [1.165, 1.54) is 8.61 Å². The van der Waals surface area contributed by atoms with Crippen LogP contribution < -0.4 is 13.5 Å². The zero-order valence-corrected chi connectivity index (χ0v) is 26.1. The number of hydrogen-bond donors (Lipinski definition) is 0. The van der Waals surface area contributed by atoms with Crippen molar-refractivity contribution in [2.75, 3.05) is 13.5 Å².